The summed E-state index contributed by atoms with van der Waals surface area (Å²) >= 11 is 0. The average molecular weight is 240 g/mol. The van der Waals surface area contributed by atoms with Crippen molar-refractivity contribution in [2.75, 3.05) is 13.7 Å². The zero-order valence-corrected chi connectivity index (χ0v) is 11.0. The van der Waals surface area contributed by atoms with E-state index in [0.717, 1.165) is 0 Å². The van der Waals surface area contributed by atoms with E-state index >= 15 is 0 Å². The predicted molar refractivity (Wildman–Crippen MR) is 66.7 cm³/mol. The number of aliphatic hydroxyl groups is 1. The van der Waals surface area contributed by atoms with E-state index in [1.54, 1.807) is 18.2 Å². The summed E-state index contributed by atoms with van der Waals surface area (Å²) in [5.41, 5.74) is 0.544. The molecular formula is C14H21FO2. The van der Waals surface area contributed by atoms with E-state index in [9.17, 15) is 9.50 Å². The quantitative estimate of drug-likeness (QED) is 0.876. The summed E-state index contributed by atoms with van der Waals surface area (Å²) < 4.78 is 18.9. The molecule has 0 fully saturated rings. The maximum Gasteiger partial charge on any atom is 0.168 e. The van der Waals surface area contributed by atoms with Crippen molar-refractivity contribution in [3.05, 3.63) is 29.6 Å². The van der Waals surface area contributed by atoms with Crippen LogP contribution in [0.1, 0.15) is 26.3 Å². The minimum absolute atomic E-state index is 0.0316. The number of benzene rings is 1. The SMILES string of the molecule is COc1cccc(CC(CO)C(C)(C)C)c1F. The lowest BCUT2D eigenvalue weighted by atomic mass is 9.77. The number of rotatable bonds is 4. The van der Waals surface area contributed by atoms with Crippen LogP contribution in [0.15, 0.2) is 18.2 Å². The highest BCUT2D eigenvalue weighted by Crippen LogP contribution is 2.31. The van der Waals surface area contributed by atoms with Gasteiger partial charge in [0.05, 0.1) is 7.11 Å². The number of aliphatic hydroxyl groups excluding tert-OH is 1. The maximum atomic E-state index is 14.0. The second-order valence-corrected chi connectivity index (χ2v) is 5.38. The number of methoxy groups -OCH3 is 1. The second kappa shape index (κ2) is 5.50. The van der Waals surface area contributed by atoms with Crippen LogP contribution in [0.4, 0.5) is 4.39 Å². The normalized spacial score (nSPS) is 13.5. The third-order valence-electron chi connectivity index (χ3n) is 3.17. The van der Waals surface area contributed by atoms with Crippen LogP contribution in [-0.2, 0) is 6.42 Å². The summed E-state index contributed by atoms with van der Waals surface area (Å²) in [6, 6.07) is 5.12. The lowest BCUT2D eigenvalue weighted by molar-refractivity contribution is 0.130. The molecule has 0 aliphatic rings. The fraction of sp³-hybridized carbons (Fsp3) is 0.571. The first kappa shape index (κ1) is 14.0. The van der Waals surface area contributed by atoms with Crippen molar-refractivity contribution >= 4 is 0 Å². The zero-order chi connectivity index (χ0) is 13.1. The standard InChI is InChI=1S/C14H21FO2/c1-14(2,3)11(9-16)8-10-6-5-7-12(17-4)13(10)15/h5-7,11,16H,8-9H2,1-4H3. The summed E-state index contributed by atoms with van der Waals surface area (Å²) in [5, 5.41) is 9.39. The van der Waals surface area contributed by atoms with Crippen LogP contribution >= 0.6 is 0 Å². The van der Waals surface area contributed by atoms with Crippen LogP contribution in [0.5, 0.6) is 5.75 Å². The van der Waals surface area contributed by atoms with Gasteiger partial charge in [0, 0.05) is 6.61 Å². The zero-order valence-electron chi connectivity index (χ0n) is 11.0. The molecule has 96 valence electrons. The summed E-state index contributed by atoms with van der Waals surface area (Å²) in [6.07, 6.45) is 0.517. The molecule has 0 spiro atoms. The van der Waals surface area contributed by atoms with Crippen molar-refractivity contribution in [1.29, 1.82) is 0 Å². The molecule has 1 aromatic carbocycles. The molecule has 3 heteroatoms. The summed E-state index contributed by atoms with van der Waals surface area (Å²) in [7, 11) is 1.45. The van der Waals surface area contributed by atoms with Gasteiger partial charge in [0.2, 0.25) is 0 Å². The molecule has 0 saturated carbocycles. The van der Waals surface area contributed by atoms with Gasteiger partial charge >= 0.3 is 0 Å². The summed E-state index contributed by atoms with van der Waals surface area (Å²) in [5.74, 6) is -0.0325. The Morgan fingerprint density at radius 2 is 2.00 bits per heavy atom. The van der Waals surface area contributed by atoms with Gasteiger partial charge in [-0.1, -0.05) is 32.9 Å². The van der Waals surface area contributed by atoms with E-state index in [-0.39, 0.29) is 29.5 Å². The first-order chi connectivity index (χ1) is 7.90. The average Bonchev–Trinajstić information content (AvgIpc) is 2.26. The van der Waals surface area contributed by atoms with Crippen molar-refractivity contribution in [1.82, 2.24) is 0 Å². The van der Waals surface area contributed by atoms with Crippen molar-refractivity contribution < 1.29 is 14.2 Å². The van der Waals surface area contributed by atoms with E-state index in [0.29, 0.717) is 12.0 Å². The molecule has 0 radical (unpaired) electrons. The Hall–Kier alpha value is -1.09. The third kappa shape index (κ3) is 3.43. The first-order valence-electron chi connectivity index (χ1n) is 5.82. The largest absolute Gasteiger partial charge is 0.494 e. The van der Waals surface area contributed by atoms with Crippen LogP contribution < -0.4 is 4.74 Å². The predicted octanol–water partition coefficient (Wildman–Crippen LogP) is 3.03. The second-order valence-electron chi connectivity index (χ2n) is 5.38. The highest BCUT2D eigenvalue weighted by Gasteiger charge is 2.25. The Morgan fingerprint density at radius 1 is 1.35 bits per heavy atom. The molecule has 0 heterocycles. The molecule has 17 heavy (non-hydrogen) atoms. The molecule has 2 nitrogen and oxygen atoms in total. The molecule has 0 bridgehead atoms. The highest BCUT2D eigenvalue weighted by atomic mass is 19.1. The van der Waals surface area contributed by atoms with Gasteiger partial charge in [-0.05, 0) is 29.4 Å². The molecule has 0 aromatic heterocycles. The summed E-state index contributed by atoms with van der Waals surface area (Å²) in [6.45, 7) is 6.20. The third-order valence-corrected chi connectivity index (χ3v) is 3.17. The van der Waals surface area contributed by atoms with Crippen molar-refractivity contribution in [2.45, 2.75) is 27.2 Å². The van der Waals surface area contributed by atoms with E-state index in [1.807, 2.05) is 20.8 Å². The first-order valence-corrected chi connectivity index (χ1v) is 5.82. The van der Waals surface area contributed by atoms with Crippen LogP contribution in [0, 0.1) is 17.2 Å². The van der Waals surface area contributed by atoms with Gasteiger partial charge in [-0.25, -0.2) is 4.39 Å². The van der Waals surface area contributed by atoms with E-state index < -0.39 is 0 Å². The van der Waals surface area contributed by atoms with E-state index in [1.165, 1.54) is 7.11 Å². The fourth-order valence-corrected chi connectivity index (χ4v) is 1.78. The molecule has 0 amide bonds. The van der Waals surface area contributed by atoms with E-state index in [4.69, 9.17) is 4.74 Å². The van der Waals surface area contributed by atoms with Crippen molar-refractivity contribution in [3.63, 3.8) is 0 Å². The molecule has 1 N–H and O–H groups in total. The number of ether oxygens (including phenoxy) is 1. The van der Waals surface area contributed by atoms with Crippen LogP contribution in [0.2, 0.25) is 0 Å². The van der Waals surface area contributed by atoms with Crippen LogP contribution in [0.3, 0.4) is 0 Å². The molecular weight excluding hydrogens is 219 g/mol. The van der Waals surface area contributed by atoms with Gasteiger partial charge in [-0.2, -0.15) is 0 Å². The van der Waals surface area contributed by atoms with Gasteiger partial charge in [0.1, 0.15) is 0 Å². The Labute approximate surface area is 102 Å². The number of hydrogen-bond acceptors (Lipinski definition) is 2. The van der Waals surface area contributed by atoms with Gasteiger partial charge in [-0.15, -0.1) is 0 Å². The van der Waals surface area contributed by atoms with Gasteiger partial charge in [0.15, 0.2) is 11.6 Å². The fourth-order valence-electron chi connectivity index (χ4n) is 1.78. The Balaban J connectivity index is 2.94. The van der Waals surface area contributed by atoms with Crippen molar-refractivity contribution in [3.8, 4) is 5.75 Å². The molecule has 1 atom stereocenters. The molecule has 1 unspecified atom stereocenters. The smallest absolute Gasteiger partial charge is 0.168 e. The van der Waals surface area contributed by atoms with Gasteiger partial charge < -0.3 is 9.84 Å². The van der Waals surface area contributed by atoms with Gasteiger partial charge in [0.25, 0.3) is 0 Å². The highest BCUT2D eigenvalue weighted by molar-refractivity contribution is 5.31. The van der Waals surface area contributed by atoms with E-state index in [2.05, 4.69) is 0 Å². The molecule has 0 saturated heterocycles. The maximum absolute atomic E-state index is 14.0. The van der Waals surface area contributed by atoms with Gasteiger partial charge in [-0.3, -0.25) is 0 Å². The Morgan fingerprint density at radius 3 is 2.47 bits per heavy atom. The molecule has 1 rings (SSSR count). The lowest BCUT2D eigenvalue weighted by Gasteiger charge is -2.29. The summed E-state index contributed by atoms with van der Waals surface area (Å²) in [4.78, 5) is 0. The molecule has 0 aliphatic heterocycles. The number of hydrogen-bond donors (Lipinski definition) is 1. The molecule has 1 aromatic rings. The Kier molecular flexibility index (Phi) is 4.52. The lowest BCUT2D eigenvalue weighted by Crippen LogP contribution is -2.26. The Bertz CT molecular complexity index is 369. The van der Waals surface area contributed by atoms with Crippen molar-refractivity contribution in [2.24, 2.45) is 11.3 Å². The minimum Gasteiger partial charge on any atom is -0.494 e. The molecule has 0 aliphatic carbocycles. The monoisotopic (exact) mass is 240 g/mol. The number of halogens is 1. The minimum atomic E-state index is -0.322. The van der Waals surface area contributed by atoms with Crippen LogP contribution in [-0.4, -0.2) is 18.8 Å². The topological polar surface area (TPSA) is 29.5 Å². The van der Waals surface area contributed by atoms with Crippen LogP contribution in [0.25, 0.3) is 0 Å².